The maximum atomic E-state index is 11.0. The number of aromatic carboxylic acids is 1. The van der Waals surface area contributed by atoms with Crippen molar-refractivity contribution in [3.63, 3.8) is 0 Å². The van der Waals surface area contributed by atoms with Crippen LogP contribution in [0.15, 0.2) is 54.6 Å². The number of aromatic hydroxyl groups is 1. The van der Waals surface area contributed by atoms with Crippen molar-refractivity contribution >= 4 is 18.0 Å². The standard InChI is InChI=1S/C22H24O5/c23-20-7-3-2-6-18(20)12-9-16(5-1-4-8-21(24)25)15-17-10-13-19(14-11-17)22(26)27/h2-3,6-7,9-14,16,23H,1,4-5,8,15H2,(H,24,25)(H,26,27). The summed E-state index contributed by atoms with van der Waals surface area (Å²) in [6.07, 6.45) is 7.01. The minimum absolute atomic E-state index is 0.156. The number of para-hydroxylation sites is 1. The lowest BCUT2D eigenvalue weighted by Crippen LogP contribution is -2.04. The SMILES string of the molecule is O=C(O)CCCCC(C=Cc1ccccc1O)Cc1ccc(C(=O)O)cc1. The van der Waals surface area contributed by atoms with E-state index in [2.05, 4.69) is 0 Å². The maximum absolute atomic E-state index is 11.0. The molecule has 0 aromatic heterocycles. The Bertz CT molecular complexity index is 793. The van der Waals surface area contributed by atoms with E-state index < -0.39 is 11.9 Å². The van der Waals surface area contributed by atoms with E-state index in [1.807, 2.05) is 36.4 Å². The van der Waals surface area contributed by atoms with E-state index in [1.54, 1.807) is 24.3 Å². The lowest BCUT2D eigenvalue weighted by molar-refractivity contribution is -0.137. The van der Waals surface area contributed by atoms with Crippen LogP contribution in [0.3, 0.4) is 0 Å². The van der Waals surface area contributed by atoms with Crippen molar-refractivity contribution in [1.82, 2.24) is 0 Å². The molecule has 142 valence electrons. The molecule has 2 rings (SSSR count). The average Bonchev–Trinajstić information content (AvgIpc) is 2.64. The number of phenolic OH excluding ortho intramolecular Hbond substituents is 1. The number of carbonyl (C=O) groups is 2. The number of rotatable bonds is 10. The molecule has 0 fully saturated rings. The van der Waals surface area contributed by atoms with Crippen molar-refractivity contribution in [2.24, 2.45) is 5.92 Å². The van der Waals surface area contributed by atoms with Crippen LogP contribution in [0.2, 0.25) is 0 Å². The van der Waals surface area contributed by atoms with E-state index >= 15 is 0 Å². The Labute approximate surface area is 158 Å². The second-order valence-corrected chi connectivity index (χ2v) is 6.52. The van der Waals surface area contributed by atoms with Gasteiger partial charge in [-0.2, -0.15) is 0 Å². The summed E-state index contributed by atoms with van der Waals surface area (Å²) in [6, 6.07) is 13.9. The summed E-state index contributed by atoms with van der Waals surface area (Å²) < 4.78 is 0. The number of unbranched alkanes of at least 4 members (excludes halogenated alkanes) is 1. The smallest absolute Gasteiger partial charge is 0.335 e. The van der Waals surface area contributed by atoms with Gasteiger partial charge in [0.15, 0.2) is 0 Å². The number of carboxylic acids is 2. The predicted molar refractivity (Wildman–Crippen MR) is 104 cm³/mol. The first-order chi connectivity index (χ1) is 13.0. The lowest BCUT2D eigenvalue weighted by atomic mass is 9.92. The molecule has 5 heteroatoms. The molecule has 5 nitrogen and oxygen atoms in total. The second-order valence-electron chi connectivity index (χ2n) is 6.52. The van der Waals surface area contributed by atoms with Crippen LogP contribution in [0, 0.1) is 5.92 Å². The van der Waals surface area contributed by atoms with E-state index in [1.165, 1.54) is 0 Å². The van der Waals surface area contributed by atoms with E-state index in [4.69, 9.17) is 10.2 Å². The van der Waals surface area contributed by atoms with Crippen molar-refractivity contribution in [3.8, 4) is 5.75 Å². The van der Waals surface area contributed by atoms with Gasteiger partial charge in [0.2, 0.25) is 0 Å². The topological polar surface area (TPSA) is 94.8 Å². The van der Waals surface area contributed by atoms with Gasteiger partial charge in [-0.15, -0.1) is 0 Å². The first kappa shape index (κ1) is 20.2. The quantitative estimate of drug-likeness (QED) is 0.533. The van der Waals surface area contributed by atoms with E-state index in [0.29, 0.717) is 6.42 Å². The molecule has 0 aliphatic rings. The number of allylic oxidation sites excluding steroid dienone is 1. The van der Waals surface area contributed by atoms with Crippen LogP contribution in [0.4, 0.5) is 0 Å². The van der Waals surface area contributed by atoms with E-state index in [9.17, 15) is 14.7 Å². The lowest BCUT2D eigenvalue weighted by Gasteiger charge is -2.13. The van der Waals surface area contributed by atoms with Crippen molar-refractivity contribution < 1.29 is 24.9 Å². The molecule has 0 aliphatic heterocycles. The van der Waals surface area contributed by atoms with Gasteiger partial charge in [0, 0.05) is 12.0 Å². The highest BCUT2D eigenvalue weighted by molar-refractivity contribution is 5.87. The largest absolute Gasteiger partial charge is 0.507 e. The monoisotopic (exact) mass is 368 g/mol. The summed E-state index contributed by atoms with van der Waals surface area (Å²) in [4.78, 5) is 21.7. The number of aliphatic carboxylic acids is 1. The van der Waals surface area contributed by atoms with Gasteiger partial charge in [-0.25, -0.2) is 4.79 Å². The minimum atomic E-state index is -0.953. The van der Waals surface area contributed by atoms with Crippen molar-refractivity contribution in [2.45, 2.75) is 32.1 Å². The highest BCUT2D eigenvalue weighted by Crippen LogP contribution is 2.22. The average molecular weight is 368 g/mol. The zero-order chi connectivity index (χ0) is 19.6. The van der Waals surface area contributed by atoms with Crippen molar-refractivity contribution in [2.75, 3.05) is 0 Å². The summed E-state index contributed by atoms with van der Waals surface area (Å²) in [6.45, 7) is 0. The molecule has 3 N–H and O–H groups in total. The van der Waals surface area contributed by atoms with Gasteiger partial charge in [-0.3, -0.25) is 4.79 Å². The normalized spacial score (nSPS) is 12.1. The zero-order valence-electron chi connectivity index (χ0n) is 15.0. The Kier molecular flexibility index (Phi) is 7.62. The second kappa shape index (κ2) is 10.2. The summed E-state index contributed by atoms with van der Waals surface area (Å²) in [7, 11) is 0. The highest BCUT2D eigenvalue weighted by atomic mass is 16.4. The van der Waals surface area contributed by atoms with E-state index in [-0.39, 0.29) is 23.7 Å². The Hall–Kier alpha value is -3.08. The number of carboxylic acid groups (broad SMARTS) is 2. The van der Waals surface area contributed by atoms with Crippen LogP contribution in [0.5, 0.6) is 5.75 Å². The number of benzene rings is 2. The van der Waals surface area contributed by atoms with Gasteiger partial charge in [0.05, 0.1) is 5.56 Å². The molecule has 0 saturated carbocycles. The third kappa shape index (κ3) is 6.98. The minimum Gasteiger partial charge on any atom is -0.507 e. The molecule has 0 aliphatic carbocycles. The Morgan fingerprint density at radius 3 is 2.30 bits per heavy atom. The van der Waals surface area contributed by atoms with Gasteiger partial charge in [-0.1, -0.05) is 48.9 Å². The molecule has 1 unspecified atom stereocenters. The van der Waals surface area contributed by atoms with Crippen LogP contribution in [0.25, 0.3) is 6.08 Å². The van der Waals surface area contributed by atoms with Gasteiger partial charge >= 0.3 is 11.9 Å². The summed E-state index contributed by atoms with van der Waals surface area (Å²) in [5.41, 5.74) is 2.00. The maximum Gasteiger partial charge on any atom is 0.335 e. The Balaban J connectivity index is 2.07. The van der Waals surface area contributed by atoms with Gasteiger partial charge in [0.1, 0.15) is 5.75 Å². The third-order valence-corrected chi connectivity index (χ3v) is 4.40. The van der Waals surface area contributed by atoms with Gasteiger partial charge in [0.25, 0.3) is 0 Å². The van der Waals surface area contributed by atoms with Crippen LogP contribution in [-0.2, 0) is 11.2 Å². The fourth-order valence-corrected chi connectivity index (χ4v) is 2.90. The van der Waals surface area contributed by atoms with Crippen molar-refractivity contribution in [3.05, 3.63) is 71.3 Å². The number of hydrogen-bond acceptors (Lipinski definition) is 3. The number of phenols is 1. The van der Waals surface area contributed by atoms with Gasteiger partial charge in [-0.05, 0) is 48.9 Å². The fourth-order valence-electron chi connectivity index (χ4n) is 2.90. The van der Waals surface area contributed by atoms with Crippen LogP contribution < -0.4 is 0 Å². The third-order valence-electron chi connectivity index (χ3n) is 4.40. The van der Waals surface area contributed by atoms with Crippen LogP contribution in [0.1, 0.15) is 47.2 Å². The Morgan fingerprint density at radius 2 is 1.67 bits per heavy atom. The first-order valence-corrected chi connectivity index (χ1v) is 8.96. The molecule has 0 heterocycles. The van der Waals surface area contributed by atoms with Gasteiger partial charge < -0.3 is 15.3 Å². The molecule has 0 bridgehead atoms. The molecule has 27 heavy (non-hydrogen) atoms. The zero-order valence-corrected chi connectivity index (χ0v) is 15.0. The molecule has 1 atom stereocenters. The molecule has 0 amide bonds. The molecule has 0 saturated heterocycles. The predicted octanol–water partition coefficient (Wildman–Crippen LogP) is 4.61. The molecular formula is C22H24O5. The number of hydrogen-bond donors (Lipinski definition) is 3. The van der Waals surface area contributed by atoms with Crippen molar-refractivity contribution in [1.29, 1.82) is 0 Å². The molecular weight excluding hydrogens is 344 g/mol. The Morgan fingerprint density at radius 1 is 0.963 bits per heavy atom. The van der Waals surface area contributed by atoms with Crippen LogP contribution in [-0.4, -0.2) is 27.3 Å². The molecule has 0 spiro atoms. The summed E-state index contributed by atoms with van der Waals surface area (Å²) in [5.74, 6) is -1.37. The van der Waals surface area contributed by atoms with E-state index in [0.717, 1.165) is 30.4 Å². The first-order valence-electron chi connectivity index (χ1n) is 8.96. The van der Waals surface area contributed by atoms with Crippen LogP contribution >= 0.6 is 0 Å². The summed E-state index contributed by atoms with van der Waals surface area (Å²) in [5, 5.41) is 27.7. The highest BCUT2D eigenvalue weighted by Gasteiger charge is 2.09. The molecule has 2 aromatic rings. The fraction of sp³-hybridized carbons (Fsp3) is 0.273. The summed E-state index contributed by atoms with van der Waals surface area (Å²) >= 11 is 0. The molecule has 0 radical (unpaired) electrons. The molecule has 2 aromatic carbocycles.